The lowest BCUT2D eigenvalue weighted by Gasteiger charge is -2.40. The van der Waals surface area contributed by atoms with Gasteiger partial charge in [0.2, 0.25) is 0 Å². The first-order valence-electron chi connectivity index (χ1n) is 9.19. The van der Waals surface area contributed by atoms with Gasteiger partial charge in [0.15, 0.2) is 0 Å². The van der Waals surface area contributed by atoms with Gasteiger partial charge in [-0.3, -0.25) is 4.90 Å². The quantitative estimate of drug-likeness (QED) is 0.820. The molecule has 1 aromatic heterocycles. The zero-order chi connectivity index (χ0) is 17.3. The van der Waals surface area contributed by atoms with E-state index in [2.05, 4.69) is 76.6 Å². The van der Waals surface area contributed by atoms with Gasteiger partial charge >= 0.3 is 0 Å². The monoisotopic (exact) mass is 392 g/mol. The second-order valence-corrected chi connectivity index (χ2v) is 7.99. The van der Waals surface area contributed by atoms with Crippen LogP contribution >= 0.6 is 15.9 Å². The molecule has 132 valence electrons. The van der Waals surface area contributed by atoms with Crippen molar-refractivity contribution in [3.05, 3.63) is 28.5 Å². The number of rotatable bonds is 5. The van der Waals surface area contributed by atoms with Crippen molar-refractivity contribution in [1.29, 1.82) is 0 Å². The molecule has 4 nitrogen and oxygen atoms in total. The second-order valence-electron chi connectivity index (χ2n) is 7.07. The molecular formula is C19H29BrN4. The van der Waals surface area contributed by atoms with Crippen LogP contribution < -0.4 is 5.32 Å². The maximum atomic E-state index is 5.06. The van der Waals surface area contributed by atoms with Gasteiger partial charge in [-0.1, -0.05) is 29.3 Å². The minimum atomic E-state index is 0.396. The molecule has 2 heterocycles. The molecule has 1 aliphatic heterocycles. The lowest BCUT2D eigenvalue weighted by Crippen LogP contribution is -2.55. The predicted molar refractivity (Wildman–Crippen MR) is 104 cm³/mol. The number of hydrogen-bond acceptors (Lipinski definition) is 3. The van der Waals surface area contributed by atoms with Crippen LogP contribution in [-0.4, -0.2) is 39.6 Å². The molecule has 3 atom stereocenters. The maximum Gasteiger partial charge on any atom is 0.127 e. The van der Waals surface area contributed by atoms with Crippen LogP contribution in [0, 0.1) is 0 Å². The van der Waals surface area contributed by atoms with E-state index in [9.17, 15) is 0 Å². The van der Waals surface area contributed by atoms with E-state index in [0.29, 0.717) is 18.1 Å². The first-order valence-corrected chi connectivity index (χ1v) is 9.98. The highest BCUT2D eigenvalue weighted by Crippen LogP contribution is 2.31. The third kappa shape index (κ3) is 3.53. The number of halogens is 1. The minimum absolute atomic E-state index is 0.396. The third-order valence-corrected chi connectivity index (χ3v) is 5.44. The highest BCUT2D eigenvalue weighted by Gasteiger charge is 2.30. The molecule has 0 spiro atoms. The van der Waals surface area contributed by atoms with E-state index in [1.807, 2.05) is 0 Å². The lowest BCUT2D eigenvalue weighted by molar-refractivity contribution is 0.110. The molecule has 0 unspecified atom stereocenters. The Morgan fingerprint density at radius 2 is 1.96 bits per heavy atom. The van der Waals surface area contributed by atoms with Crippen LogP contribution in [-0.2, 0) is 6.54 Å². The Morgan fingerprint density at radius 1 is 1.25 bits per heavy atom. The van der Waals surface area contributed by atoms with Gasteiger partial charge < -0.3 is 9.88 Å². The summed E-state index contributed by atoms with van der Waals surface area (Å²) in [5, 5.41) is 3.65. The number of imidazole rings is 1. The van der Waals surface area contributed by atoms with E-state index in [4.69, 9.17) is 4.98 Å². The Labute approximate surface area is 153 Å². The summed E-state index contributed by atoms with van der Waals surface area (Å²) >= 11 is 3.58. The van der Waals surface area contributed by atoms with Crippen molar-refractivity contribution in [3.8, 4) is 0 Å². The molecular weight excluding hydrogens is 364 g/mol. The van der Waals surface area contributed by atoms with Crippen LogP contribution in [0.25, 0.3) is 11.0 Å². The molecule has 1 N–H and O–H groups in total. The largest absolute Gasteiger partial charge is 0.327 e. The average Bonchev–Trinajstić information content (AvgIpc) is 2.88. The first-order chi connectivity index (χ1) is 11.5. The summed E-state index contributed by atoms with van der Waals surface area (Å²) in [4.78, 5) is 7.70. The van der Waals surface area contributed by atoms with Crippen molar-refractivity contribution in [2.45, 2.75) is 65.2 Å². The highest BCUT2D eigenvalue weighted by molar-refractivity contribution is 9.10. The maximum absolute atomic E-state index is 5.06. The third-order valence-electron chi connectivity index (χ3n) is 4.94. The number of nitrogens with zero attached hydrogens (tertiary/aromatic N) is 3. The van der Waals surface area contributed by atoms with Crippen molar-refractivity contribution in [3.63, 3.8) is 0 Å². The number of piperazine rings is 1. The fraction of sp³-hybridized carbons (Fsp3) is 0.632. The van der Waals surface area contributed by atoms with Gasteiger partial charge in [-0.05, 0) is 45.4 Å². The van der Waals surface area contributed by atoms with E-state index < -0.39 is 0 Å². The van der Waals surface area contributed by atoms with Crippen LogP contribution in [0.5, 0.6) is 0 Å². The fourth-order valence-electron chi connectivity index (χ4n) is 4.08. The molecule has 0 aliphatic carbocycles. The van der Waals surface area contributed by atoms with Gasteiger partial charge in [-0.15, -0.1) is 0 Å². The number of fused-ring (bicyclic) bond motifs is 1. The van der Waals surface area contributed by atoms with E-state index in [-0.39, 0.29) is 0 Å². The topological polar surface area (TPSA) is 33.1 Å². The summed E-state index contributed by atoms with van der Waals surface area (Å²) in [6.07, 6.45) is 2.33. The fourth-order valence-corrected chi connectivity index (χ4v) is 4.43. The summed E-state index contributed by atoms with van der Waals surface area (Å²) in [5.74, 6) is 1.23. The lowest BCUT2D eigenvalue weighted by atomic mass is 10.0. The van der Waals surface area contributed by atoms with Gasteiger partial charge in [-0.2, -0.15) is 0 Å². The summed E-state index contributed by atoms with van der Waals surface area (Å²) in [5.41, 5.74) is 2.34. The molecule has 24 heavy (non-hydrogen) atoms. The SMILES string of the molecule is CCC[C@H](c1nc2cc(Br)ccc2n1CC)N1C[C@@H](C)N[C@@H](C)C1. The summed E-state index contributed by atoms with van der Waals surface area (Å²) in [7, 11) is 0. The molecule has 0 bridgehead atoms. The number of nitrogens with one attached hydrogen (secondary N) is 1. The summed E-state index contributed by atoms with van der Waals surface area (Å²) < 4.78 is 3.50. The van der Waals surface area contributed by atoms with Crippen molar-refractivity contribution >= 4 is 27.0 Å². The van der Waals surface area contributed by atoms with Crippen LogP contribution in [0.3, 0.4) is 0 Å². The molecule has 0 saturated carbocycles. The zero-order valence-electron chi connectivity index (χ0n) is 15.2. The van der Waals surface area contributed by atoms with Crippen molar-refractivity contribution in [1.82, 2.24) is 19.8 Å². The van der Waals surface area contributed by atoms with Gasteiger partial charge in [0.25, 0.3) is 0 Å². The number of aromatic nitrogens is 2. The molecule has 1 aromatic carbocycles. The Kier molecular flexibility index (Phi) is 5.63. The van der Waals surface area contributed by atoms with Crippen LogP contribution in [0.2, 0.25) is 0 Å². The van der Waals surface area contributed by atoms with E-state index in [1.165, 1.54) is 17.8 Å². The number of hydrogen-bond donors (Lipinski definition) is 1. The Bertz CT molecular complexity index is 686. The Balaban J connectivity index is 2.03. The average molecular weight is 393 g/mol. The van der Waals surface area contributed by atoms with Crippen molar-refractivity contribution in [2.24, 2.45) is 0 Å². The Hall–Kier alpha value is -0.910. The van der Waals surface area contributed by atoms with Gasteiger partial charge in [0.1, 0.15) is 5.82 Å². The summed E-state index contributed by atoms with van der Waals surface area (Å²) in [6, 6.07) is 7.89. The Morgan fingerprint density at radius 3 is 2.58 bits per heavy atom. The number of benzene rings is 1. The first kappa shape index (κ1) is 17.9. The standard InChI is InChI=1S/C19H29BrN4/c1-5-7-18(23-11-13(3)21-14(4)12-23)19-22-16-10-15(20)8-9-17(16)24(19)6-2/h8-10,13-14,18,21H,5-7,11-12H2,1-4H3/t13-,14+,18-/m1/s1. The molecule has 1 saturated heterocycles. The van der Waals surface area contributed by atoms with Crippen molar-refractivity contribution < 1.29 is 0 Å². The van der Waals surface area contributed by atoms with Crippen LogP contribution in [0.1, 0.15) is 52.4 Å². The predicted octanol–water partition coefficient (Wildman–Crippen LogP) is 4.34. The van der Waals surface area contributed by atoms with Crippen LogP contribution in [0.15, 0.2) is 22.7 Å². The van der Waals surface area contributed by atoms with Crippen LogP contribution in [0.4, 0.5) is 0 Å². The van der Waals surface area contributed by atoms with E-state index in [1.54, 1.807) is 0 Å². The number of aryl methyl sites for hydroxylation is 1. The van der Waals surface area contributed by atoms with E-state index >= 15 is 0 Å². The summed E-state index contributed by atoms with van der Waals surface area (Å²) in [6.45, 7) is 12.2. The molecule has 1 aliphatic rings. The molecule has 3 rings (SSSR count). The smallest absolute Gasteiger partial charge is 0.127 e. The zero-order valence-corrected chi connectivity index (χ0v) is 16.8. The second kappa shape index (κ2) is 7.54. The molecule has 1 fully saturated rings. The molecule has 2 aromatic rings. The van der Waals surface area contributed by atoms with Gasteiger partial charge in [0.05, 0.1) is 17.1 Å². The van der Waals surface area contributed by atoms with E-state index in [0.717, 1.165) is 36.0 Å². The minimum Gasteiger partial charge on any atom is -0.327 e. The highest BCUT2D eigenvalue weighted by atomic mass is 79.9. The molecule has 0 amide bonds. The van der Waals surface area contributed by atoms with Gasteiger partial charge in [0, 0.05) is 36.2 Å². The van der Waals surface area contributed by atoms with Gasteiger partial charge in [-0.25, -0.2) is 4.98 Å². The molecule has 5 heteroatoms. The van der Waals surface area contributed by atoms with Crippen molar-refractivity contribution in [2.75, 3.05) is 13.1 Å². The normalized spacial score (nSPS) is 23.7. The molecule has 0 radical (unpaired) electrons.